The molecule has 0 aliphatic rings. The van der Waals surface area contributed by atoms with Crippen molar-refractivity contribution < 1.29 is 22.7 Å². The van der Waals surface area contributed by atoms with Gasteiger partial charge in [0.1, 0.15) is 18.3 Å². The van der Waals surface area contributed by atoms with Gasteiger partial charge in [0.25, 0.3) is 10.0 Å². The molecule has 10 heteroatoms. The summed E-state index contributed by atoms with van der Waals surface area (Å²) >= 11 is 6.36. The van der Waals surface area contributed by atoms with Gasteiger partial charge in [-0.2, -0.15) is 0 Å². The number of sulfonamides is 1. The van der Waals surface area contributed by atoms with E-state index in [1.165, 1.54) is 23.1 Å². The maximum absolute atomic E-state index is 14.0. The first-order chi connectivity index (χ1) is 18.9. The maximum atomic E-state index is 14.0. The number of hydrogen-bond acceptors (Lipinski definition) is 5. The Bertz CT molecular complexity index is 1430. The van der Waals surface area contributed by atoms with Crippen molar-refractivity contribution in [2.45, 2.75) is 45.2 Å². The predicted octanol–water partition coefficient (Wildman–Crippen LogP) is 5.04. The van der Waals surface area contributed by atoms with Crippen molar-refractivity contribution in [3.8, 4) is 5.75 Å². The van der Waals surface area contributed by atoms with E-state index in [0.29, 0.717) is 17.3 Å². The highest BCUT2D eigenvalue weighted by molar-refractivity contribution is 7.92. The molecule has 0 aromatic heterocycles. The van der Waals surface area contributed by atoms with E-state index >= 15 is 0 Å². The number of rotatable bonds is 12. The third-order valence-corrected chi connectivity index (χ3v) is 8.59. The minimum Gasteiger partial charge on any atom is -0.497 e. The molecule has 3 rings (SSSR count). The topological polar surface area (TPSA) is 96.0 Å². The summed E-state index contributed by atoms with van der Waals surface area (Å²) in [5.74, 6) is -0.0621. The van der Waals surface area contributed by atoms with Gasteiger partial charge in [0.05, 0.1) is 17.7 Å². The number of hydrogen-bond donors (Lipinski definition) is 1. The fourth-order valence-electron chi connectivity index (χ4n) is 3.99. The van der Waals surface area contributed by atoms with Crippen LogP contribution in [0.2, 0.25) is 5.02 Å². The van der Waals surface area contributed by atoms with Crippen molar-refractivity contribution in [3.05, 3.63) is 88.9 Å². The fraction of sp³-hybridized carbons (Fsp3) is 0.333. The molecule has 0 bridgehead atoms. The van der Waals surface area contributed by atoms with Crippen LogP contribution in [0.1, 0.15) is 31.9 Å². The van der Waals surface area contributed by atoms with Crippen molar-refractivity contribution >= 4 is 39.1 Å². The van der Waals surface area contributed by atoms with Crippen molar-refractivity contribution in [1.82, 2.24) is 10.2 Å². The first-order valence-electron chi connectivity index (χ1n) is 13.0. The van der Waals surface area contributed by atoms with Gasteiger partial charge in [-0.15, -0.1) is 0 Å². The lowest BCUT2D eigenvalue weighted by atomic mass is 10.1. The maximum Gasteiger partial charge on any atom is 0.264 e. The van der Waals surface area contributed by atoms with Crippen LogP contribution in [0, 0.1) is 12.8 Å². The monoisotopic (exact) mass is 585 g/mol. The molecule has 0 saturated carbocycles. The lowest BCUT2D eigenvalue weighted by molar-refractivity contribution is -0.139. The van der Waals surface area contributed by atoms with Crippen LogP contribution in [-0.4, -0.2) is 51.4 Å². The molecule has 8 nitrogen and oxygen atoms in total. The molecule has 0 saturated heterocycles. The number of nitrogens with one attached hydrogen (secondary N) is 1. The van der Waals surface area contributed by atoms with Gasteiger partial charge in [-0.1, -0.05) is 61.8 Å². The molecular formula is C30H36ClN3O5S. The SMILES string of the molecule is COc1cccc(CN(C(=O)CN(c2ccc(C)c(Cl)c2)S(=O)(=O)c2ccccc2)C(C)C(=O)NCC(C)C)c1. The first-order valence-corrected chi connectivity index (χ1v) is 14.8. The molecule has 0 spiro atoms. The number of carbonyl (C=O) groups excluding carboxylic acids is 2. The molecule has 0 aliphatic heterocycles. The predicted molar refractivity (Wildman–Crippen MR) is 158 cm³/mol. The van der Waals surface area contributed by atoms with Crippen LogP contribution in [-0.2, 0) is 26.2 Å². The number of aryl methyl sites for hydroxylation is 1. The van der Waals surface area contributed by atoms with Crippen LogP contribution >= 0.6 is 11.6 Å². The van der Waals surface area contributed by atoms with Crippen LogP contribution in [0.5, 0.6) is 5.75 Å². The Labute approximate surface area is 241 Å². The Morgan fingerprint density at radius 1 is 0.975 bits per heavy atom. The Kier molecular flexibility index (Phi) is 10.6. The smallest absolute Gasteiger partial charge is 0.264 e. The number of methoxy groups -OCH3 is 1. The second-order valence-corrected chi connectivity index (χ2v) is 12.2. The third kappa shape index (κ3) is 7.76. The number of benzene rings is 3. The largest absolute Gasteiger partial charge is 0.497 e. The van der Waals surface area contributed by atoms with Gasteiger partial charge in [0, 0.05) is 18.1 Å². The standard InChI is InChI=1S/C30H36ClN3O5S/c1-21(2)18-32-30(36)23(4)33(19-24-10-9-11-26(16-24)39-5)29(35)20-34(25-15-14-22(3)28(31)17-25)40(37,38)27-12-7-6-8-13-27/h6-17,21,23H,18-20H2,1-5H3,(H,32,36). The van der Waals surface area contributed by atoms with E-state index in [0.717, 1.165) is 15.4 Å². The van der Waals surface area contributed by atoms with E-state index < -0.39 is 28.5 Å². The lowest BCUT2D eigenvalue weighted by Crippen LogP contribution is -2.51. The summed E-state index contributed by atoms with van der Waals surface area (Å²) in [7, 11) is -2.61. The Balaban J connectivity index is 2.03. The van der Waals surface area contributed by atoms with Crippen molar-refractivity contribution in [3.63, 3.8) is 0 Å². The number of carbonyl (C=O) groups is 2. The lowest BCUT2D eigenvalue weighted by Gasteiger charge is -2.32. The van der Waals surface area contributed by atoms with Crippen LogP contribution in [0.15, 0.2) is 77.7 Å². The van der Waals surface area contributed by atoms with Gasteiger partial charge < -0.3 is 15.0 Å². The van der Waals surface area contributed by atoms with Crippen LogP contribution in [0.25, 0.3) is 0 Å². The molecule has 2 amide bonds. The van der Waals surface area contributed by atoms with Gasteiger partial charge in [-0.05, 0) is 67.3 Å². The van der Waals surface area contributed by atoms with Crippen LogP contribution in [0.4, 0.5) is 5.69 Å². The number of anilines is 1. The van der Waals surface area contributed by atoms with Crippen molar-refractivity contribution in [1.29, 1.82) is 0 Å². The summed E-state index contributed by atoms with van der Waals surface area (Å²) in [4.78, 5) is 28.5. The first kappa shape index (κ1) is 31.0. The van der Waals surface area contributed by atoms with Gasteiger partial charge in [0.2, 0.25) is 11.8 Å². The molecule has 1 atom stereocenters. The minimum atomic E-state index is -4.16. The summed E-state index contributed by atoms with van der Waals surface area (Å²) in [6.45, 7) is 7.36. The van der Waals surface area contributed by atoms with E-state index in [1.54, 1.807) is 69.5 Å². The quantitative estimate of drug-likeness (QED) is 0.321. The number of halogens is 1. The second kappa shape index (κ2) is 13.7. The normalized spacial score (nSPS) is 12.1. The number of ether oxygens (including phenoxy) is 1. The summed E-state index contributed by atoms with van der Waals surface area (Å²) in [5, 5.41) is 3.24. The van der Waals surface area contributed by atoms with E-state index in [1.807, 2.05) is 19.9 Å². The summed E-state index contributed by atoms with van der Waals surface area (Å²) < 4.78 is 34.0. The zero-order valence-corrected chi connectivity index (χ0v) is 25.0. The van der Waals surface area contributed by atoms with Gasteiger partial charge in [0.15, 0.2) is 0 Å². The second-order valence-electron chi connectivity index (χ2n) is 9.95. The number of amides is 2. The highest BCUT2D eigenvalue weighted by Gasteiger charge is 2.32. The molecule has 0 radical (unpaired) electrons. The molecule has 3 aromatic carbocycles. The molecule has 3 aromatic rings. The number of nitrogens with zero attached hydrogens (tertiary/aromatic N) is 2. The third-order valence-electron chi connectivity index (χ3n) is 6.39. The molecule has 0 fully saturated rings. The average molecular weight is 586 g/mol. The zero-order valence-electron chi connectivity index (χ0n) is 23.4. The fourth-order valence-corrected chi connectivity index (χ4v) is 5.59. The van der Waals surface area contributed by atoms with Gasteiger partial charge >= 0.3 is 0 Å². The molecule has 214 valence electrons. The van der Waals surface area contributed by atoms with Crippen LogP contribution in [0.3, 0.4) is 0 Å². The summed E-state index contributed by atoms with van der Waals surface area (Å²) in [5.41, 5.74) is 1.74. The average Bonchev–Trinajstić information content (AvgIpc) is 2.94. The Hall–Kier alpha value is -3.56. The Morgan fingerprint density at radius 3 is 2.30 bits per heavy atom. The van der Waals surface area contributed by atoms with Crippen molar-refractivity contribution in [2.75, 3.05) is 24.5 Å². The Morgan fingerprint density at radius 2 is 1.68 bits per heavy atom. The van der Waals surface area contributed by atoms with Gasteiger partial charge in [-0.25, -0.2) is 8.42 Å². The van der Waals surface area contributed by atoms with E-state index in [-0.39, 0.29) is 29.0 Å². The summed E-state index contributed by atoms with van der Waals surface area (Å²) in [6.07, 6.45) is 0. The molecule has 40 heavy (non-hydrogen) atoms. The van der Waals surface area contributed by atoms with E-state index in [9.17, 15) is 18.0 Å². The van der Waals surface area contributed by atoms with E-state index in [2.05, 4.69) is 5.32 Å². The van der Waals surface area contributed by atoms with E-state index in [4.69, 9.17) is 16.3 Å². The highest BCUT2D eigenvalue weighted by Crippen LogP contribution is 2.28. The van der Waals surface area contributed by atoms with Gasteiger partial charge in [-0.3, -0.25) is 13.9 Å². The van der Waals surface area contributed by atoms with Crippen molar-refractivity contribution in [2.24, 2.45) is 5.92 Å². The molecule has 1 N–H and O–H groups in total. The van der Waals surface area contributed by atoms with Crippen LogP contribution < -0.4 is 14.4 Å². The zero-order chi connectivity index (χ0) is 29.4. The molecular weight excluding hydrogens is 550 g/mol. The highest BCUT2D eigenvalue weighted by atomic mass is 35.5. The summed E-state index contributed by atoms with van der Waals surface area (Å²) in [6, 6.07) is 19.0. The molecule has 1 unspecified atom stereocenters. The molecule has 0 heterocycles. The minimum absolute atomic E-state index is 0.0292. The molecule has 0 aliphatic carbocycles.